The Bertz CT molecular complexity index is 1060. The largest absolute Gasteiger partial charge is 0.337 e. The quantitative estimate of drug-likeness (QED) is 0.490. The summed E-state index contributed by atoms with van der Waals surface area (Å²) in [6.45, 7) is 0. The van der Waals surface area contributed by atoms with E-state index in [1.54, 1.807) is 12.4 Å². The lowest BCUT2D eigenvalue weighted by atomic mass is 9.99. The van der Waals surface area contributed by atoms with Gasteiger partial charge in [0.2, 0.25) is 0 Å². The number of H-pyrrole nitrogens is 1. The Balaban J connectivity index is 1.83. The molecule has 2 aromatic carbocycles. The van der Waals surface area contributed by atoms with Crippen LogP contribution in [0.25, 0.3) is 33.5 Å². The van der Waals surface area contributed by atoms with E-state index in [-0.39, 0.29) is 0 Å². The molecule has 23 heavy (non-hydrogen) atoms. The van der Waals surface area contributed by atoms with E-state index in [4.69, 9.17) is 10.4 Å². The van der Waals surface area contributed by atoms with Gasteiger partial charge in [-0.1, -0.05) is 42.5 Å². The third kappa shape index (κ3) is 1.63. The molecule has 0 saturated carbocycles. The summed E-state index contributed by atoms with van der Waals surface area (Å²) in [6, 6.07) is 16.0. The Kier molecular flexibility index (Phi) is 2.33. The summed E-state index contributed by atoms with van der Waals surface area (Å²) in [5.41, 5.74) is 7.54. The van der Waals surface area contributed by atoms with Crippen LogP contribution < -0.4 is 0 Å². The molecular weight excluding hydrogens is 284 g/mol. The zero-order valence-corrected chi connectivity index (χ0v) is 12.2. The van der Waals surface area contributed by atoms with Gasteiger partial charge < -0.3 is 4.98 Å². The minimum atomic E-state index is 0.579. The SMILES string of the molecule is N=C1c2ccccc2-c2c1cccc2-c1nc2ccncc2[nH]1. The van der Waals surface area contributed by atoms with Crippen LogP contribution >= 0.6 is 0 Å². The molecule has 108 valence electrons. The maximum absolute atomic E-state index is 8.44. The van der Waals surface area contributed by atoms with Gasteiger partial charge in [-0.3, -0.25) is 10.4 Å². The Morgan fingerprint density at radius 1 is 0.826 bits per heavy atom. The first-order valence-corrected chi connectivity index (χ1v) is 7.45. The predicted molar refractivity (Wildman–Crippen MR) is 90.7 cm³/mol. The van der Waals surface area contributed by atoms with Crippen molar-refractivity contribution in [3.05, 3.63) is 72.1 Å². The predicted octanol–water partition coefficient (Wildman–Crippen LogP) is 4.02. The van der Waals surface area contributed by atoms with E-state index in [1.165, 1.54) is 0 Å². The van der Waals surface area contributed by atoms with Crippen molar-refractivity contribution in [1.29, 1.82) is 5.41 Å². The number of fused-ring (bicyclic) bond motifs is 4. The molecule has 1 aliphatic carbocycles. The van der Waals surface area contributed by atoms with Gasteiger partial charge in [0.1, 0.15) is 5.82 Å². The van der Waals surface area contributed by atoms with E-state index in [0.717, 1.165) is 44.7 Å². The summed E-state index contributed by atoms with van der Waals surface area (Å²) < 4.78 is 0. The number of nitrogens with one attached hydrogen (secondary N) is 2. The van der Waals surface area contributed by atoms with Crippen LogP contribution in [-0.2, 0) is 0 Å². The maximum atomic E-state index is 8.44. The molecule has 0 bridgehead atoms. The number of hydrogen-bond donors (Lipinski definition) is 2. The maximum Gasteiger partial charge on any atom is 0.139 e. The Labute approximate surface area is 132 Å². The van der Waals surface area contributed by atoms with E-state index >= 15 is 0 Å². The summed E-state index contributed by atoms with van der Waals surface area (Å²) in [5.74, 6) is 0.814. The number of aromatic nitrogens is 3. The van der Waals surface area contributed by atoms with Gasteiger partial charge in [0.25, 0.3) is 0 Å². The van der Waals surface area contributed by atoms with E-state index in [9.17, 15) is 0 Å². The van der Waals surface area contributed by atoms with Crippen LogP contribution in [0.5, 0.6) is 0 Å². The van der Waals surface area contributed by atoms with Crippen molar-refractivity contribution in [3.8, 4) is 22.5 Å². The molecule has 0 radical (unpaired) electrons. The standard InChI is InChI=1S/C19H12N4/c20-18-12-5-2-1-4-11(12)17-13(18)6-3-7-14(17)19-22-15-8-9-21-10-16(15)23-19/h1-10,20H,(H,22,23). The lowest BCUT2D eigenvalue weighted by Crippen LogP contribution is -1.94. The highest BCUT2D eigenvalue weighted by molar-refractivity contribution is 6.24. The molecule has 0 saturated heterocycles. The number of aromatic amines is 1. The molecule has 0 aliphatic heterocycles. The molecule has 2 heterocycles. The van der Waals surface area contributed by atoms with Crippen LogP contribution in [0, 0.1) is 5.41 Å². The molecule has 2 N–H and O–H groups in total. The van der Waals surface area contributed by atoms with Gasteiger partial charge in [-0.2, -0.15) is 0 Å². The van der Waals surface area contributed by atoms with Gasteiger partial charge in [-0.15, -0.1) is 0 Å². The second kappa shape index (κ2) is 4.36. The third-order valence-corrected chi connectivity index (χ3v) is 4.34. The van der Waals surface area contributed by atoms with Gasteiger partial charge in [0.05, 0.1) is 22.9 Å². The summed E-state index contributed by atoms with van der Waals surface area (Å²) in [4.78, 5) is 12.2. The fourth-order valence-electron chi connectivity index (χ4n) is 3.30. The molecule has 0 fully saturated rings. The average molecular weight is 296 g/mol. The zero-order chi connectivity index (χ0) is 15.4. The molecule has 0 unspecified atom stereocenters. The number of rotatable bonds is 1. The lowest BCUT2D eigenvalue weighted by Gasteiger charge is -2.06. The van der Waals surface area contributed by atoms with Crippen LogP contribution in [0.3, 0.4) is 0 Å². The number of hydrogen-bond acceptors (Lipinski definition) is 3. The van der Waals surface area contributed by atoms with Crippen molar-refractivity contribution >= 4 is 16.7 Å². The number of nitrogens with zero attached hydrogens (tertiary/aromatic N) is 2. The average Bonchev–Trinajstić information content (AvgIpc) is 3.15. The third-order valence-electron chi connectivity index (χ3n) is 4.34. The van der Waals surface area contributed by atoms with Crippen molar-refractivity contribution in [2.24, 2.45) is 0 Å². The van der Waals surface area contributed by atoms with Crippen molar-refractivity contribution in [2.75, 3.05) is 0 Å². The number of pyridine rings is 1. The van der Waals surface area contributed by atoms with Crippen LogP contribution in [-0.4, -0.2) is 20.7 Å². The second-order valence-electron chi connectivity index (χ2n) is 5.63. The van der Waals surface area contributed by atoms with Crippen molar-refractivity contribution < 1.29 is 0 Å². The lowest BCUT2D eigenvalue weighted by molar-refractivity contribution is 1.33. The highest BCUT2D eigenvalue weighted by Gasteiger charge is 2.26. The summed E-state index contributed by atoms with van der Waals surface area (Å²) in [6.07, 6.45) is 3.53. The Morgan fingerprint density at radius 3 is 2.48 bits per heavy atom. The normalized spacial score (nSPS) is 12.4. The van der Waals surface area contributed by atoms with E-state index in [0.29, 0.717) is 5.71 Å². The smallest absolute Gasteiger partial charge is 0.139 e. The minimum absolute atomic E-state index is 0.579. The van der Waals surface area contributed by atoms with E-state index in [1.807, 2.05) is 36.4 Å². The Morgan fingerprint density at radius 2 is 1.61 bits per heavy atom. The van der Waals surface area contributed by atoms with Gasteiger partial charge in [0.15, 0.2) is 0 Å². The molecule has 4 aromatic rings. The van der Waals surface area contributed by atoms with Gasteiger partial charge in [-0.05, 0) is 11.6 Å². The van der Waals surface area contributed by atoms with Crippen LogP contribution in [0.4, 0.5) is 0 Å². The fourth-order valence-corrected chi connectivity index (χ4v) is 3.30. The summed E-state index contributed by atoms with van der Waals surface area (Å²) in [5, 5.41) is 8.44. The number of benzene rings is 2. The van der Waals surface area contributed by atoms with Gasteiger partial charge >= 0.3 is 0 Å². The summed E-state index contributed by atoms with van der Waals surface area (Å²) in [7, 11) is 0. The molecule has 4 heteroatoms. The molecule has 0 atom stereocenters. The van der Waals surface area contributed by atoms with E-state index in [2.05, 4.69) is 22.1 Å². The van der Waals surface area contributed by atoms with E-state index < -0.39 is 0 Å². The molecule has 0 spiro atoms. The molecular formula is C19H12N4. The fraction of sp³-hybridized carbons (Fsp3) is 0. The van der Waals surface area contributed by atoms with Crippen LogP contribution in [0.2, 0.25) is 0 Å². The first kappa shape index (κ1) is 12.3. The molecule has 0 amide bonds. The first-order valence-electron chi connectivity index (χ1n) is 7.45. The highest BCUT2D eigenvalue weighted by Crippen LogP contribution is 2.42. The Hall–Kier alpha value is -3.27. The molecule has 4 nitrogen and oxygen atoms in total. The van der Waals surface area contributed by atoms with Crippen molar-refractivity contribution in [3.63, 3.8) is 0 Å². The van der Waals surface area contributed by atoms with Crippen molar-refractivity contribution in [1.82, 2.24) is 15.0 Å². The highest BCUT2D eigenvalue weighted by atomic mass is 14.9. The van der Waals surface area contributed by atoms with Crippen LogP contribution in [0.15, 0.2) is 60.9 Å². The topological polar surface area (TPSA) is 65.4 Å². The molecule has 2 aromatic heterocycles. The second-order valence-corrected chi connectivity index (χ2v) is 5.63. The number of imidazole rings is 1. The van der Waals surface area contributed by atoms with Crippen LogP contribution in [0.1, 0.15) is 11.1 Å². The summed E-state index contributed by atoms with van der Waals surface area (Å²) >= 11 is 0. The first-order chi connectivity index (χ1) is 11.3. The van der Waals surface area contributed by atoms with Crippen molar-refractivity contribution in [2.45, 2.75) is 0 Å². The monoisotopic (exact) mass is 296 g/mol. The molecule has 1 aliphatic rings. The van der Waals surface area contributed by atoms with Gasteiger partial charge in [-0.25, -0.2) is 4.98 Å². The van der Waals surface area contributed by atoms with Gasteiger partial charge in [0, 0.05) is 28.5 Å². The zero-order valence-electron chi connectivity index (χ0n) is 12.2. The minimum Gasteiger partial charge on any atom is -0.337 e. The molecule has 5 rings (SSSR count).